The van der Waals surface area contributed by atoms with Crippen LogP contribution < -0.4 is 5.32 Å². The van der Waals surface area contributed by atoms with Crippen molar-refractivity contribution in [2.75, 3.05) is 6.54 Å². The first kappa shape index (κ1) is 14.0. The van der Waals surface area contributed by atoms with Gasteiger partial charge in [-0.1, -0.05) is 6.07 Å². The topological polar surface area (TPSA) is 32.3 Å². The van der Waals surface area contributed by atoms with E-state index < -0.39 is 0 Å². The van der Waals surface area contributed by atoms with Gasteiger partial charge < -0.3 is 5.32 Å². The van der Waals surface area contributed by atoms with Gasteiger partial charge in [0.05, 0.1) is 10.5 Å². The van der Waals surface area contributed by atoms with Crippen molar-refractivity contribution in [1.29, 1.82) is 0 Å². The Hall–Kier alpha value is -0.940. The van der Waals surface area contributed by atoms with Gasteiger partial charge in [0.25, 0.3) is 0 Å². The summed E-state index contributed by atoms with van der Waals surface area (Å²) in [7, 11) is 0. The Labute approximate surface area is 126 Å². The van der Waals surface area contributed by atoms with Crippen LogP contribution in [0.25, 0.3) is 0 Å². The molecule has 1 saturated heterocycles. The minimum Gasteiger partial charge on any atom is -0.352 e. The number of halogens is 2. The maximum atomic E-state index is 13.2. The molecule has 2 fully saturated rings. The number of benzene rings is 1. The lowest BCUT2D eigenvalue weighted by atomic mass is 10.1. The highest BCUT2D eigenvalue weighted by Crippen LogP contribution is 2.25. The van der Waals surface area contributed by atoms with Crippen molar-refractivity contribution in [3.63, 3.8) is 0 Å². The lowest BCUT2D eigenvalue weighted by molar-refractivity contribution is -0.125. The minimum atomic E-state index is -0.252. The number of likely N-dealkylation sites (tertiary alicyclic amines) is 1. The van der Waals surface area contributed by atoms with Crippen molar-refractivity contribution in [3.05, 3.63) is 34.1 Å². The maximum Gasteiger partial charge on any atom is 0.237 e. The third-order valence-corrected chi connectivity index (χ3v) is 4.57. The van der Waals surface area contributed by atoms with E-state index in [2.05, 4.69) is 26.1 Å². The fraction of sp³-hybridized carbons (Fsp3) is 0.533. The van der Waals surface area contributed by atoms with E-state index in [9.17, 15) is 9.18 Å². The number of hydrogen-bond acceptors (Lipinski definition) is 2. The number of hydrogen-bond donors (Lipinski definition) is 1. The molecule has 20 heavy (non-hydrogen) atoms. The molecule has 1 aliphatic carbocycles. The monoisotopic (exact) mass is 340 g/mol. The molecule has 1 saturated carbocycles. The number of nitrogens with zero attached hydrogens (tertiary/aromatic N) is 1. The van der Waals surface area contributed by atoms with E-state index in [4.69, 9.17) is 0 Å². The van der Waals surface area contributed by atoms with Crippen LogP contribution in [0.2, 0.25) is 0 Å². The Morgan fingerprint density at radius 2 is 2.20 bits per heavy atom. The second kappa shape index (κ2) is 5.82. The van der Waals surface area contributed by atoms with E-state index in [0.717, 1.165) is 37.8 Å². The summed E-state index contributed by atoms with van der Waals surface area (Å²) in [5.41, 5.74) is 1.03. The smallest absolute Gasteiger partial charge is 0.237 e. The molecule has 0 aromatic heterocycles. The zero-order valence-corrected chi connectivity index (χ0v) is 12.8. The number of rotatable bonds is 4. The molecule has 1 N–H and O–H groups in total. The van der Waals surface area contributed by atoms with Gasteiger partial charge in [-0.25, -0.2) is 4.39 Å². The number of nitrogens with one attached hydrogen (secondary N) is 1. The van der Waals surface area contributed by atoms with Gasteiger partial charge in [-0.2, -0.15) is 0 Å². The molecule has 1 atom stereocenters. The van der Waals surface area contributed by atoms with Crippen molar-refractivity contribution >= 4 is 21.8 Å². The second-order valence-corrected chi connectivity index (χ2v) is 6.51. The molecule has 2 aliphatic rings. The minimum absolute atomic E-state index is 0.0283. The molecule has 3 nitrogen and oxygen atoms in total. The van der Waals surface area contributed by atoms with Crippen LogP contribution in [0.15, 0.2) is 22.7 Å². The summed E-state index contributed by atoms with van der Waals surface area (Å²) >= 11 is 3.21. The van der Waals surface area contributed by atoms with Crippen molar-refractivity contribution in [1.82, 2.24) is 10.2 Å². The Balaban J connectivity index is 1.65. The number of carbonyl (C=O) groups excluding carboxylic acids is 1. The molecule has 1 aliphatic heterocycles. The van der Waals surface area contributed by atoms with Gasteiger partial charge in [0, 0.05) is 12.6 Å². The van der Waals surface area contributed by atoms with Gasteiger partial charge in [0.15, 0.2) is 0 Å². The summed E-state index contributed by atoms with van der Waals surface area (Å²) in [5.74, 6) is -0.0932. The van der Waals surface area contributed by atoms with Crippen LogP contribution in [-0.4, -0.2) is 29.4 Å². The Bertz CT molecular complexity index is 519. The molecule has 5 heteroatoms. The molecule has 0 unspecified atom stereocenters. The highest BCUT2D eigenvalue weighted by atomic mass is 79.9. The molecule has 1 heterocycles. The van der Waals surface area contributed by atoms with Crippen LogP contribution in [-0.2, 0) is 11.3 Å². The fourth-order valence-electron chi connectivity index (χ4n) is 2.71. The predicted molar refractivity (Wildman–Crippen MR) is 78.7 cm³/mol. The SMILES string of the molecule is O=C(NC1CC1)[C@@H]1CCCN1Cc1ccc(F)c(Br)c1. The Kier molecular flexibility index (Phi) is 4.08. The van der Waals surface area contributed by atoms with E-state index in [1.807, 2.05) is 0 Å². The van der Waals surface area contributed by atoms with Crippen LogP contribution in [0, 0.1) is 5.82 Å². The highest BCUT2D eigenvalue weighted by Gasteiger charge is 2.33. The van der Waals surface area contributed by atoms with Crippen molar-refractivity contribution in [3.8, 4) is 0 Å². The average Bonchev–Trinajstić information content (AvgIpc) is 3.10. The summed E-state index contributed by atoms with van der Waals surface area (Å²) in [6, 6.07) is 5.43. The van der Waals surface area contributed by atoms with Gasteiger partial charge in [0.1, 0.15) is 5.82 Å². The van der Waals surface area contributed by atoms with E-state index in [1.54, 1.807) is 12.1 Å². The summed E-state index contributed by atoms with van der Waals surface area (Å²) in [4.78, 5) is 14.4. The molecule has 1 amide bonds. The molecular weight excluding hydrogens is 323 g/mol. The third-order valence-electron chi connectivity index (χ3n) is 3.96. The molecule has 0 bridgehead atoms. The molecule has 3 rings (SSSR count). The first-order chi connectivity index (χ1) is 9.63. The second-order valence-electron chi connectivity index (χ2n) is 5.66. The normalized spacial score (nSPS) is 23.0. The van der Waals surface area contributed by atoms with Gasteiger partial charge in [0.2, 0.25) is 5.91 Å². The van der Waals surface area contributed by atoms with Crippen LogP contribution in [0.1, 0.15) is 31.2 Å². The van der Waals surface area contributed by atoms with E-state index >= 15 is 0 Å². The Morgan fingerprint density at radius 3 is 2.90 bits per heavy atom. The average molecular weight is 341 g/mol. The van der Waals surface area contributed by atoms with E-state index in [1.165, 1.54) is 6.07 Å². The zero-order valence-electron chi connectivity index (χ0n) is 11.2. The van der Waals surface area contributed by atoms with Crippen molar-refractivity contribution in [2.45, 2.75) is 44.3 Å². The lowest BCUT2D eigenvalue weighted by Crippen LogP contribution is -2.43. The summed E-state index contributed by atoms with van der Waals surface area (Å²) in [6.07, 6.45) is 4.19. The standard InChI is InChI=1S/C15H18BrFN2O/c16-12-8-10(3-6-13(12)17)9-19-7-1-2-14(19)15(20)18-11-4-5-11/h3,6,8,11,14H,1-2,4-5,7,9H2,(H,18,20)/t14-/m0/s1. The fourth-order valence-corrected chi connectivity index (χ4v) is 3.14. The van der Waals surface area contributed by atoms with Gasteiger partial charge in [-0.15, -0.1) is 0 Å². The van der Waals surface area contributed by atoms with E-state index in [-0.39, 0.29) is 17.8 Å². The predicted octanol–water partition coefficient (Wildman–Crippen LogP) is 2.83. The van der Waals surface area contributed by atoms with Crippen LogP contribution in [0.3, 0.4) is 0 Å². The molecule has 1 aromatic carbocycles. The number of carbonyl (C=O) groups is 1. The first-order valence-electron chi connectivity index (χ1n) is 7.12. The first-order valence-corrected chi connectivity index (χ1v) is 7.91. The van der Waals surface area contributed by atoms with Crippen LogP contribution >= 0.6 is 15.9 Å². The van der Waals surface area contributed by atoms with Gasteiger partial charge in [-0.3, -0.25) is 9.69 Å². The lowest BCUT2D eigenvalue weighted by Gasteiger charge is -2.23. The van der Waals surface area contributed by atoms with Crippen molar-refractivity contribution < 1.29 is 9.18 Å². The third kappa shape index (κ3) is 3.20. The molecular formula is C15H18BrFN2O. The van der Waals surface area contributed by atoms with Crippen LogP contribution in [0.5, 0.6) is 0 Å². The Morgan fingerprint density at radius 1 is 1.40 bits per heavy atom. The van der Waals surface area contributed by atoms with Crippen molar-refractivity contribution in [2.24, 2.45) is 0 Å². The quantitative estimate of drug-likeness (QED) is 0.913. The van der Waals surface area contributed by atoms with E-state index in [0.29, 0.717) is 17.1 Å². The summed E-state index contributed by atoms with van der Waals surface area (Å²) < 4.78 is 13.7. The summed E-state index contributed by atoms with van der Waals surface area (Å²) in [6.45, 7) is 1.62. The molecule has 0 spiro atoms. The molecule has 108 valence electrons. The van der Waals surface area contributed by atoms with Gasteiger partial charge in [-0.05, 0) is 65.9 Å². The molecule has 0 radical (unpaired) electrons. The van der Waals surface area contributed by atoms with Gasteiger partial charge >= 0.3 is 0 Å². The zero-order chi connectivity index (χ0) is 14.1. The maximum absolute atomic E-state index is 13.2. The highest BCUT2D eigenvalue weighted by molar-refractivity contribution is 9.10. The largest absolute Gasteiger partial charge is 0.352 e. The molecule has 1 aromatic rings. The summed E-state index contributed by atoms with van der Waals surface area (Å²) in [5, 5.41) is 3.08. The number of amides is 1. The van der Waals surface area contributed by atoms with Crippen LogP contribution in [0.4, 0.5) is 4.39 Å².